The van der Waals surface area contributed by atoms with E-state index in [4.69, 9.17) is 0 Å². The van der Waals surface area contributed by atoms with Crippen LogP contribution in [0.25, 0.3) is 10.8 Å². The molecular formula is C19H17. The van der Waals surface area contributed by atoms with Gasteiger partial charge in [0.1, 0.15) is 0 Å². The molecule has 0 spiro atoms. The quantitative estimate of drug-likeness (QED) is 0.605. The van der Waals surface area contributed by atoms with Gasteiger partial charge in [0.25, 0.3) is 0 Å². The Bertz CT molecular complexity index is 653. The maximum Gasteiger partial charge on any atom is -0.00896 e. The van der Waals surface area contributed by atoms with E-state index < -0.39 is 0 Å². The smallest absolute Gasteiger partial charge is 0.00896 e. The minimum absolute atomic E-state index is 1.09. The highest BCUT2D eigenvalue weighted by molar-refractivity contribution is 5.83. The second-order valence-corrected chi connectivity index (χ2v) is 4.83. The molecule has 0 aliphatic carbocycles. The predicted octanol–water partition coefficient (Wildman–Crippen LogP) is 5.02. The Labute approximate surface area is 114 Å². The normalized spacial score (nSPS) is 10.7. The molecular weight excluding hydrogens is 228 g/mol. The van der Waals surface area contributed by atoms with Gasteiger partial charge in [-0.2, -0.15) is 0 Å². The summed E-state index contributed by atoms with van der Waals surface area (Å²) >= 11 is 0. The van der Waals surface area contributed by atoms with Crippen LogP contribution >= 0.6 is 0 Å². The van der Waals surface area contributed by atoms with Crippen LogP contribution in [-0.2, 0) is 6.42 Å². The molecule has 0 saturated heterocycles. The highest BCUT2D eigenvalue weighted by Crippen LogP contribution is 2.18. The summed E-state index contributed by atoms with van der Waals surface area (Å²) < 4.78 is 0. The molecule has 0 unspecified atom stereocenters. The van der Waals surface area contributed by atoms with Crippen molar-refractivity contribution < 1.29 is 0 Å². The molecule has 0 atom stereocenters. The van der Waals surface area contributed by atoms with E-state index in [2.05, 4.69) is 79.2 Å². The summed E-state index contributed by atoms with van der Waals surface area (Å²) in [5.74, 6) is 0. The first kappa shape index (κ1) is 12.0. The minimum Gasteiger partial charge on any atom is -0.0622 e. The van der Waals surface area contributed by atoms with Crippen molar-refractivity contribution in [3.05, 3.63) is 90.3 Å². The molecule has 3 aromatic rings. The molecule has 3 rings (SSSR count). The number of fused-ring (bicyclic) bond motifs is 1. The van der Waals surface area contributed by atoms with Crippen molar-refractivity contribution in [2.75, 3.05) is 0 Å². The summed E-state index contributed by atoms with van der Waals surface area (Å²) in [5.41, 5.74) is 2.72. The molecule has 93 valence electrons. The Morgan fingerprint density at radius 1 is 0.684 bits per heavy atom. The first-order valence-electron chi connectivity index (χ1n) is 6.78. The SMILES string of the molecule is [CH](CCc1ccccc1)c1ccc2ccccc2c1. The third kappa shape index (κ3) is 3.03. The van der Waals surface area contributed by atoms with E-state index in [1.807, 2.05) is 0 Å². The van der Waals surface area contributed by atoms with Crippen molar-refractivity contribution in [3.63, 3.8) is 0 Å². The van der Waals surface area contributed by atoms with Gasteiger partial charge >= 0.3 is 0 Å². The highest BCUT2D eigenvalue weighted by atomic mass is 14.0. The van der Waals surface area contributed by atoms with Crippen LogP contribution in [0.2, 0.25) is 0 Å². The fraction of sp³-hybridized carbons (Fsp3) is 0.105. The lowest BCUT2D eigenvalue weighted by atomic mass is 10.0. The van der Waals surface area contributed by atoms with Crippen LogP contribution in [0.15, 0.2) is 72.8 Å². The van der Waals surface area contributed by atoms with Gasteiger partial charge in [0.15, 0.2) is 0 Å². The highest BCUT2D eigenvalue weighted by Gasteiger charge is 1.98. The molecule has 19 heavy (non-hydrogen) atoms. The Morgan fingerprint density at radius 2 is 1.42 bits per heavy atom. The van der Waals surface area contributed by atoms with Crippen LogP contribution in [0, 0.1) is 6.42 Å². The molecule has 0 nitrogen and oxygen atoms in total. The van der Waals surface area contributed by atoms with Gasteiger partial charge in [-0.3, -0.25) is 0 Å². The Hall–Kier alpha value is -2.08. The zero-order chi connectivity index (χ0) is 12.9. The van der Waals surface area contributed by atoms with E-state index in [1.165, 1.54) is 21.9 Å². The van der Waals surface area contributed by atoms with Crippen molar-refractivity contribution in [1.29, 1.82) is 0 Å². The van der Waals surface area contributed by atoms with Gasteiger partial charge in [-0.05, 0) is 41.2 Å². The zero-order valence-corrected chi connectivity index (χ0v) is 10.9. The van der Waals surface area contributed by atoms with Crippen molar-refractivity contribution in [2.24, 2.45) is 0 Å². The lowest BCUT2D eigenvalue weighted by Gasteiger charge is -2.04. The maximum atomic E-state index is 2.32. The standard InChI is InChI=1S/C19H17/c1-2-7-16(8-3-1)9-6-10-17-13-14-18-11-4-5-12-19(18)15-17/h1-5,7-8,10-15H,6,9H2. The van der Waals surface area contributed by atoms with Gasteiger partial charge in [-0.1, -0.05) is 72.8 Å². The largest absolute Gasteiger partial charge is 0.0622 e. The second-order valence-electron chi connectivity index (χ2n) is 4.83. The van der Waals surface area contributed by atoms with Gasteiger partial charge in [-0.15, -0.1) is 0 Å². The molecule has 0 amide bonds. The van der Waals surface area contributed by atoms with E-state index in [-0.39, 0.29) is 0 Å². The molecule has 0 aliphatic rings. The van der Waals surface area contributed by atoms with Gasteiger partial charge in [-0.25, -0.2) is 0 Å². The van der Waals surface area contributed by atoms with E-state index in [0.717, 1.165) is 12.8 Å². The fourth-order valence-corrected chi connectivity index (χ4v) is 2.38. The number of rotatable bonds is 4. The van der Waals surface area contributed by atoms with E-state index >= 15 is 0 Å². The Kier molecular flexibility index (Phi) is 3.60. The number of hydrogen-bond donors (Lipinski definition) is 0. The average Bonchev–Trinajstić information content (AvgIpc) is 2.48. The van der Waals surface area contributed by atoms with Gasteiger partial charge in [0, 0.05) is 0 Å². The number of benzene rings is 3. The topological polar surface area (TPSA) is 0 Å². The summed E-state index contributed by atoms with van der Waals surface area (Å²) in [7, 11) is 0. The first-order valence-corrected chi connectivity index (χ1v) is 6.78. The average molecular weight is 245 g/mol. The zero-order valence-electron chi connectivity index (χ0n) is 10.9. The first-order chi connectivity index (χ1) is 9.42. The third-order valence-corrected chi connectivity index (χ3v) is 3.43. The number of hydrogen-bond acceptors (Lipinski definition) is 0. The van der Waals surface area contributed by atoms with E-state index in [0.29, 0.717) is 0 Å². The summed E-state index contributed by atoms with van der Waals surface area (Å²) in [5, 5.41) is 2.62. The van der Waals surface area contributed by atoms with Crippen LogP contribution < -0.4 is 0 Å². The molecule has 0 bridgehead atoms. The predicted molar refractivity (Wildman–Crippen MR) is 82.1 cm³/mol. The molecule has 0 fully saturated rings. The van der Waals surface area contributed by atoms with Crippen LogP contribution in [0.4, 0.5) is 0 Å². The number of aryl methyl sites for hydroxylation is 1. The summed E-state index contributed by atoms with van der Waals surface area (Å²) in [6.45, 7) is 0. The van der Waals surface area contributed by atoms with Crippen molar-refractivity contribution in [3.8, 4) is 0 Å². The van der Waals surface area contributed by atoms with Crippen molar-refractivity contribution >= 4 is 10.8 Å². The summed E-state index contributed by atoms with van der Waals surface area (Å²) in [4.78, 5) is 0. The molecule has 0 heteroatoms. The minimum atomic E-state index is 1.09. The monoisotopic (exact) mass is 245 g/mol. The molecule has 0 N–H and O–H groups in total. The Morgan fingerprint density at radius 3 is 2.26 bits per heavy atom. The van der Waals surface area contributed by atoms with E-state index in [1.54, 1.807) is 0 Å². The summed E-state index contributed by atoms with van der Waals surface area (Å²) in [6, 6.07) is 25.8. The molecule has 0 aliphatic heterocycles. The third-order valence-electron chi connectivity index (χ3n) is 3.43. The van der Waals surface area contributed by atoms with Gasteiger partial charge < -0.3 is 0 Å². The second kappa shape index (κ2) is 5.71. The van der Waals surface area contributed by atoms with Gasteiger partial charge in [0.05, 0.1) is 0 Å². The maximum absolute atomic E-state index is 2.32. The molecule has 0 aromatic heterocycles. The lowest BCUT2D eigenvalue weighted by Crippen LogP contribution is -1.87. The van der Waals surface area contributed by atoms with Crippen LogP contribution in [0.3, 0.4) is 0 Å². The molecule has 0 saturated carbocycles. The molecule has 3 aromatic carbocycles. The van der Waals surface area contributed by atoms with Gasteiger partial charge in [0.2, 0.25) is 0 Å². The Balaban J connectivity index is 1.65. The molecule has 0 heterocycles. The van der Waals surface area contributed by atoms with Crippen molar-refractivity contribution in [2.45, 2.75) is 12.8 Å². The fourth-order valence-electron chi connectivity index (χ4n) is 2.38. The van der Waals surface area contributed by atoms with Crippen molar-refractivity contribution in [1.82, 2.24) is 0 Å². The molecule has 1 radical (unpaired) electrons. The van der Waals surface area contributed by atoms with Crippen LogP contribution in [0.1, 0.15) is 17.5 Å². The summed E-state index contributed by atoms with van der Waals surface area (Å²) in [6.07, 6.45) is 4.51. The lowest BCUT2D eigenvalue weighted by molar-refractivity contribution is 0.952. The van der Waals surface area contributed by atoms with Crippen LogP contribution in [-0.4, -0.2) is 0 Å². The van der Waals surface area contributed by atoms with Crippen LogP contribution in [0.5, 0.6) is 0 Å². The van der Waals surface area contributed by atoms with E-state index in [9.17, 15) is 0 Å².